The lowest BCUT2D eigenvalue weighted by Gasteiger charge is -2.27. The van der Waals surface area contributed by atoms with Crippen LogP contribution in [-0.2, 0) is 4.79 Å². The molecule has 0 aliphatic heterocycles. The molecule has 4 unspecified atom stereocenters. The van der Waals surface area contributed by atoms with Gasteiger partial charge in [-0.25, -0.2) is 0 Å². The van der Waals surface area contributed by atoms with E-state index >= 15 is 0 Å². The highest BCUT2D eigenvalue weighted by atomic mass is 16.3. The molecule has 0 bridgehead atoms. The average molecular weight is 722 g/mol. The molecule has 1 amide bonds. The number of carbonyl (C=O) groups is 1. The first-order valence-corrected chi connectivity index (χ1v) is 22.2. The molecule has 4 atom stereocenters. The van der Waals surface area contributed by atoms with E-state index in [1.807, 2.05) is 0 Å². The first-order chi connectivity index (χ1) is 25.0. The van der Waals surface area contributed by atoms with Gasteiger partial charge in [-0.1, -0.05) is 186 Å². The Bertz CT molecular complexity index is 772. The van der Waals surface area contributed by atoms with E-state index in [2.05, 4.69) is 43.5 Å². The van der Waals surface area contributed by atoms with Gasteiger partial charge in [-0.05, 0) is 64.2 Å². The topological polar surface area (TPSA) is 110 Å². The maximum Gasteiger partial charge on any atom is 0.249 e. The number of allylic oxidation sites excluding steroid dienone is 4. The Kier molecular flexibility index (Phi) is 39.0. The fourth-order valence-corrected chi connectivity index (χ4v) is 6.81. The van der Waals surface area contributed by atoms with Gasteiger partial charge >= 0.3 is 0 Å². The van der Waals surface area contributed by atoms with Crippen molar-refractivity contribution in [2.75, 3.05) is 6.61 Å². The smallest absolute Gasteiger partial charge is 0.249 e. The Hall–Kier alpha value is -1.21. The Morgan fingerprint density at radius 2 is 0.804 bits per heavy atom. The molecule has 0 radical (unpaired) electrons. The summed E-state index contributed by atoms with van der Waals surface area (Å²) in [5.41, 5.74) is 0. The van der Waals surface area contributed by atoms with Crippen molar-refractivity contribution >= 4 is 5.91 Å². The van der Waals surface area contributed by atoms with Gasteiger partial charge < -0.3 is 25.7 Å². The fraction of sp³-hybridized carbons (Fsp3) is 0.889. The van der Waals surface area contributed by atoms with Crippen LogP contribution in [0, 0.1) is 0 Å². The van der Waals surface area contributed by atoms with Gasteiger partial charge in [-0.2, -0.15) is 0 Å². The zero-order chi connectivity index (χ0) is 37.5. The normalized spacial score (nSPS) is 14.4. The van der Waals surface area contributed by atoms with Crippen molar-refractivity contribution in [1.29, 1.82) is 0 Å². The molecule has 6 heteroatoms. The van der Waals surface area contributed by atoms with E-state index in [0.717, 1.165) is 51.4 Å². The molecule has 51 heavy (non-hydrogen) atoms. The van der Waals surface area contributed by atoms with Crippen LogP contribution in [0.4, 0.5) is 0 Å². The van der Waals surface area contributed by atoms with Gasteiger partial charge in [0.2, 0.25) is 5.91 Å². The van der Waals surface area contributed by atoms with E-state index < -0.39 is 36.9 Å². The van der Waals surface area contributed by atoms with Gasteiger partial charge in [0.1, 0.15) is 12.2 Å². The Balaban J connectivity index is 3.79. The maximum atomic E-state index is 12.5. The number of aliphatic hydroxyl groups excluding tert-OH is 4. The zero-order valence-corrected chi connectivity index (χ0v) is 33.9. The molecular formula is C45H87NO5. The molecule has 5 N–H and O–H groups in total. The number of hydrogen-bond donors (Lipinski definition) is 5. The summed E-state index contributed by atoms with van der Waals surface area (Å²) in [5.74, 6) is -0.601. The van der Waals surface area contributed by atoms with Crippen LogP contribution in [0.5, 0.6) is 0 Å². The predicted molar refractivity (Wildman–Crippen MR) is 219 cm³/mol. The third-order valence-corrected chi connectivity index (χ3v) is 10.4. The molecular weight excluding hydrogens is 634 g/mol. The van der Waals surface area contributed by atoms with Gasteiger partial charge in [0.15, 0.2) is 0 Å². The molecule has 0 rings (SSSR count). The first kappa shape index (κ1) is 49.8. The van der Waals surface area contributed by atoms with Gasteiger partial charge in [0, 0.05) is 0 Å². The lowest BCUT2D eigenvalue weighted by Crippen LogP contribution is -2.53. The molecule has 0 fully saturated rings. The Morgan fingerprint density at radius 3 is 1.18 bits per heavy atom. The van der Waals surface area contributed by atoms with Crippen LogP contribution in [0.3, 0.4) is 0 Å². The van der Waals surface area contributed by atoms with E-state index in [9.17, 15) is 25.2 Å². The second kappa shape index (κ2) is 40.0. The van der Waals surface area contributed by atoms with Crippen LogP contribution >= 0.6 is 0 Å². The highest BCUT2D eigenvalue weighted by Gasteiger charge is 2.28. The fourth-order valence-electron chi connectivity index (χ4n) is 6.81. The standard InChI is InChI=1S/C45H87NO5/c1-3-5-7-9-11-13-15-17-19-21-23-24-26-28-30-32-34-36-38-42(48)44(50)41(40-47)46-45(51)43(49)39-37-35-33-31-29-27-25-22-20-18-16-14-12-10-8-6-4-2/h25,27,30,32,41-44,47-50H,3-24,26,28-29,31,33-40H2,1-2H3,(H,46,51)/b27-25-,32-30+. The van der Waals surface area contributed by atoms with Crippen LogP contribution in [0.1, 0.15) is 226 Å². The van der Waals surface area contributed by atoms with Crippen molar-refractivity contribution in [1.82, 2.24) is 5.32 Å². The van der Waals surface area contributed by atoms with E-state index in [4.69, 9.17) is 0 Å². The summed E-state index contributed by atoms with van der Waals surface area (Å²) in [6.07, 6.45) is 44.9. The predicted octanol–water partition coefficient (Wildman–Crippen LogP) is 11.6. The summed E-state index contributed by atoms with van der Waals surface area (Å²) in [6.45, 7) is 4.04. The van der Waals surface area contributed by atoms with Gasteiger partial charge in [-0.3, -0.25) is 4.79 Å². The van der Waals surface area contributed by atoms with Crippen LogP contribution in [0.25, 0.3) is 0 Å². The number of nitrogens with one attached hydrogen (secondary N) is 1. The summed E-state index contributed by atoms with van der Waals surface area (Å²) in [4.78, 5) is 12.5. The first-order valence-electron chi connectivity index (χ1n) is 22.2. The zero-order valence-electron chi connectivity index (χ0n) is 33.9. The van der Waals surface area contributed by atoms with E-state index in [1.165, 1.54) is 148 Å². The summed E-state index contributed by atoms with van der Waals surface area (Å²) in [7, 11) is 0. The molecule has 0 spiro atoms. The Morgan fingerprint density at radius 1 is 0.471 bits per heavy atom. The minimum absolute atomic E-state index is 0.350. The highest BCUT2D eigenvalue weighted by Crippen LogP contribution is 2.15. The van der Waals surface area contributed by atoms with Gasteiger partial charge in [0.25, 0.3) is 0 Å². The monoisotopic (exact) mass is 722 g/mol. The summed E-state index contributed by atoms with van der Waals surface area (Å²) in [5, 5.41) is 43.6. The van der Waals surface area contributed by atoms with Gasteiger partial charge in [-0.15, -0.1) is 0 Å². The van der Waals surface area contributed by atoms with Gasteiger partial charge in [0.05, 0.1) is 18.8 Å². The second-order valence-electron chi connectivity index (χ2n) is 15.4. The SMILES string of the molecule is CCCCCCCCCCC/C=C\CCCCCCC(O)C(=O)NC(CO)C(O)C(O)CCC/C=C/CCCCCCCCCCCCCCC. The third kappa shape index (κ3) is 34.3. The van der Waals surface area contributed by atoms with Crippen LogP contribution in [0.2, 0.25) is 0 Å². The van der Waals surface area contributed by atoms with Crippen molar-refractivity contribution in [3.05, 3.63) is 24.3 Å². The number of hydrogen-bond acceptors (Lipinski definition) is 5. The van der Waals surface area contributed by atoms with Crippen LogP contribution in [-0.4, -0.2) is 57.3 Å². The molecule has 0 aliphatic carbocycles. The number of rotatable bonds is 40. The van der Waals surface area contributed by atoms with E-state index in [0.29, 0.717) is 12.8 Å². The summed E-state index contributed by atoms with van der Waals surface area (Å²) < 4.78 is 0. The molecule has 0 aromatic heterocycles. The Labute approximate surface area is 316 Å². The lowest BCUT2D eigenvalue weighted by molar-refractivity contribution is -0.132. The number of amides is 1. The number of carbonyl (C=O) groups excluding carboxylic acids is 1. The van der Waals surface area contributed by atoms with Crippen LogP contribution < -0.4 is 5.32 Å². The maximum absolute atomic E-state index is 12.5. The molecule has 0 heterocycles. The van der Waals surface area contributed by atoms with Crippen molar-refractivity contribution in [2.45, 2.75) is 250 Å². The lowest BCUT2D eigenvalue weighted by atomic mass is 10.00. The highest BCUT2D eigenvalue weighted by molar-refractivity contribution is 5.80. The molecule has 0 saturated carbocycles. The second-order valence-corrected chi connectivity index (χ2v) is 15.4. The van der Waals surface area contributed by atoms with Crippen molar-refractivity contribution < 1.29 is 25.2 Å². The largest absolute Gasteiger partial charge is 0.394 e. The van der Waals surface area contributed by atoms with E-state index in [1.54, 1.807) is 0 Å². The molecule has 0 aliphatic rings. The molecule has 0 aromatic carbocycles. The molecule has 0 aromatic rings. The third-order valence-electron chi connectivity index (χ3n) is 10.4. The number of aliphatic hydroxyl groups is 4. The summed E-state index contributed by atoms with van der Waals surface area (Å²) in [6, 6.07) is -1.00. The number of unbranched alkanes of at least 4 members (excludes halogenated alkanes) is 27. The molecule has 302 valence electrons. The minimum atomic E-state index is -1.28. The summed E-state index contributed by atoms with van der Waals surface area (Å²) >= 11 is 0. The van der Waals surface area contributed by atoms with Crippen LogP contribution in [0.15, 0.2) is 24.3 Å². The minimum Gasteiger partial charge on any atom is -0.394 e. The van der Waals surface area contributed by atoms with Crippen molar-refractivity contribution in [3.63, 3.8) is 0 Å². The average Bonchev–Trinajstić information content (AvgIpc) is 3.13. The molecule has 6 nitrogen and oxygen atoms in total. The van der Waals surface area contributed by atoms with Crippen molar-refractivity contribution in [2.24, 2.45) is 0 Å². The quantitative estimate of drug-likeness (QED) is 0.0320. The molecule has 0 saturated heterocycles. The van der Waals surface area contributed by atoms with E-state index in [-0.39, 0.29) is 0 Å². The van der Waals surface area contributed by atoms with Crippen molar-refractivity contribution in [3.8, 4) is 0 Å².